The van der Waals surface area contributed by atoms with Gasteiger partial charge in [0.15, 0.2) is 6.04 Å². The van der Waals surface area contributed by atoms with Crippen LogP contribution in [-0.2, 0) is 16.0 Å². The molecule has 1 aliphatic rings. The van der Waals surface area contributed by atoms with Crippen LogP contribution in [0.3, 0.4) is 0 Å². The fourth-order valence-electron chi connectivity index (χ4n) is 2.88. The number of nitrogens with two attached hydrogens (primary N) is 1. The first-order valence-corrected chi connectivity index (χ1v) is 6.25. The monoisotopic (exact) mass is 257 g/mol. The van der Waals surface area contributed by atoms with Crippen LogP contribution >= 0.6 is 0 Å². The van der Waals surface area contributed by atoms with Crippen molar-refractivity contribution in [3.8, 4) is 0 Å². The van der Waals surface area contributed by atoms with Crippen LogP contribution < -0.4 is 5.73 Å². The molecule has 0 bridgehead atoms. The number of carbonyl (C=O) groups is 2. The average molecular weight is 257 g/mol. The number of aromatic nitrogens is 1. The molecule has 98 valence electrons. The number of hydrogen-bond donors (Lipinski definition) is 2. The zero-order valence-corrected chi connectivity index (χ0v) is 10.6. The highest BCUT2D eigenvalue weighted by Crippen LogP contribution is 2.34. The first-order chi connectivity index (χ1) is 9.09. The standard InChI is InChI=1S/C14H15N3O2/c1-8(18)17-7-6-10-9-4-2-3-5-11(9)16-12(10)13(17)14(15)19/h2-5,13,16H,6-7H2,1H3,(H2,15,19). The molecular weight excluding hydrogens is 242 g/mol. The summed E-state index contributed by atoms with van der Waals surface area (Å²) in [6.07, 6.45) is 0.739. The third-order valence-corrected chi connectivity index (χ3v) is 3.71. The average Bonchev–Trinajstić information content (AvgIpc) is 2.75. The number of primary amides is 1. The Morgan fingerprint density at radius 3 is 2.79 bits per heavy atom. The first-order valence-electron chi connectivity index (χ1n) is 6.25. The van der Waals surface area contributed by atoms with Gasteiger partial charge in [0.05, 0.1) is 5.69 Å². The molecule has 1 atom stereocenters. The number of fused-ring (bicyclic) bond motifs is 3. The van der Waals surface area contributed by atoms with Crippen LogP contribution in [0.2, 0.25) is 0 Å². The van der Waals surface area contributed by atoms with Crippen molar-refractivity contribution in [3.05, 3.63) is 35.5 Å². The van der Waals surface area contributed by atoms with Crippen molar-refractivity contribution in [1.29, 1.82) is 0 Å². The van der Waals surface area contributed by atoms with E-state index >= 15 is 0 Å². The number of hydrogen-bond acceptors (Lipinski definition) is 2. The maximum absolute atomic E-state index is 11.7. The van der Waals surface area contributed by atoms with Gasteiger partial charge in [0.25, 0.3) is 0 Å². The van der Waals surface area contributed by atoms with Crippen molar-refractivity contribution < 1.29 is 9.59 Å². The summed E-state index contributed by atoms with van der Waals surface area (Å²) in [5.41, 5.74) is 8.31. The molecule has 2 amide bonds. The predicted molar refractivity (Wildman–Crippen MR) is 71.3 cm³/mol. The zero-order valence-electron chi connectivity index (χ0n) is 10.6. The van der Waals surface area contributed by atoms with Crippen LogP contribution in [0.15, 0.2) is 24.3 Å². The molecule has 1 unspecified atom stereocenters. The second kappa shape index (κ2) is 4.12. The Morgan fingerprint density at radius 1 is 1.37 bits per heavy atom. The maximum Gasteiger partial charge on any atom is 0.246 e. The minimum absolute atomic E-state index is 0.131. The van der Waals surface area contributed by atoms with Gasteiger partial charge in [0.2, 0.25) is 11.8 Å². The molecule has 3 N–H and O–H groups in total. The Morgan fingerprint density at radius 2 is 2.11 bits per heavy atom. The summed E-state index contributed by atoms with van der Waals surface area (Å²) in [4.78, 5) is 28.1. The number of nitrogens with zero attached hydrogens (tertiary/aromatic N) is 1. The molecule has 3 rings (SSSR count). The van der Waals surface area contributed by atoms with Crippen LogP contribution in [-0.4, -0.2) is 28.2 Å². The van der Waals surface area contributed by atoms with E-state index in [-0.39, 0.29) is 5.91 Å². The van der Waals surface area contributed by atoms with Gasteiger partial charge in [-0.15, -0.1) is 0 Å². The highest BCUT2D eigenvalue weighted by molar-refractivity contribution is 5.92. The molecule has 2 aromatic rings. The molecule has 5 nitrogen and oxygen atoms in total. The highest BCUT2D eigenvalue weighted by Gasteiger charge is 2.35. The van der Waals surface area contributed by atoms with Gasteiger partial charge in [-0.2, -0.15) is 0 Å². The van der Waals surface area contributed by atoms with E-state index in [2.05, 4.69) is 4.98 Å². The predicted octanol–water partition coefficient (Wildman–Crippen LogP) is 1.10. The second-order valence-electron chi connectivity index (χ2n) is 4.83. The van der Waals surface area contributed by atoms with E-state index in [1.807, 2.05) is 24.3 Å². The SMILES string of the molecule is CC(=O)N1CCc2c([nH]c3ccccc23)C1C(N)=O. The number of amides is 2. The normalized spacial score (nSPS) is 18.4. The molecule has 1 aromatic carbocycles. The first kappa shape index (κ1) is 11.8. The number of para-hydroxylation sites is 1. The van der Waals surface area contributed by atoms with Gasteiger partial charge < -0.3 is 15.6 Å². The summed E-state index contributed by atoms with van der Waals surface area (Å²) in [6, 6.07) is 7.20. The van der Waals surface area contributed by atoms with Gasteiger partial charge >= 0.3 is 0 Å². The number of H-pyrrole nitrogens is 1. The third-order valence-electron chi connectivity index (χ3n) is 3.71. The van der Waals surface area contributed by atoms with E-state index in [9.17, 15) is 9.59 Å². The third kappa shape index (κ3) is 1.69. The minimum atomic E-state index is -0.686. The van der Waals surface area contributed by atoms with Gasteiger partial charge in [-0.25, -0.2) is 0 Å². The molecule has 1 aromatic heterocycles. The highest BCUT2D eigenvalue weighted by atomic mass is 16.2. The summed E-state index contributed by atoms with van der Waals surface area (Å²) < 4.78 is 0. The van der Waals surface area contributed by atoms with E-state index in [1.165, 1.54) is 11.8 Å². The molecular formula is C14H15N3O2. The van der Waals surface area contributed by atoms with Gasteiger partial charge in [-0.1, -0.05) is 18.2 Å². The Balaban J connectivity index is 2.21. The lowest BCUT2D eigenvalue weighted by Crippen LogP contribution is -2.44. The summed E-state index contributed by atoms with van der Waals surface area (Å²) in [5, 5.41) is 1.10. The van der Waals surface area contributed by atoms with Crippen molar-refractivity contribution in [3.63, 3.8) is 0 Å². The van der Waals surface area contributed by atoms with Gasteiger partial charge in [0.1, 0.15) is 0 Å². The van der Waals surface area contributed by atoms with Crippen molar-refractivity contribution in [1.82, 2.24) is 9.88 Å². The molecule has 0 aliphatic carbocycles. The minimum Gasteiger partial charge on any atom is -0.368 e. The Kier molecular flexibility index (Phi) is 2.55. The van der Waals surface area contributed by atoms with Crippen molar-refractivity contribution >= 4 is 22.7 Å². The summed E-state index contributed by atoms with van der Waals surface area (Å²) in [5.74, 6) is -0.629. The topological polar surface area (TPSA) is 79.2 Å². The molecule has 0 spiro atoms. The summed E-state index contributed by atoms with van der Waals surface area (Å²) in [6.45, 7) is 1.99. The number of nitrogens with one attached hydrogen (secondary N) is 1. The summed E-state index contributed by atoms with van der Waals surface area (Å²) >= 11 is 0. The smallest absolute Gasteiger partial charge is 0.246 e. The number of carbonyl (C=O) groups excluding carboxylic acids is 2. The number of aromatic amines is 1. The van der Waals surface area contributed by atoms with Crippen LogP contribution in [0, 0.1) is 0 Å². The Hall–Kier alpha value is -2.30. The van der Waals surface area contributed by atoms with Crippen molar-refractivity contribution in [2.75, 3.05) is 6.54 Å². The van der Waals surface area contributed by atoms with Gasteiger partial charge in [-0.05, 0) is 18.1 Å². The van der Waals surface area contributed by atoms with Gasteiger partial charge in [0, 0.05) is 24.4 Å². The van der Waals surface area contributed by atoms with E-state index in [0.717, 1.165) is 28.6 Å². The van der Waals surface area contributed by atoms with Crippen molar-refractivity contribution in [2.45, 2.75) is 19.4 Å². The van der Waals surface area contributed by atoms with Crippen molar-refractivity contribution in [2.24, 2.45) is 5.73 Å². The second-order valence-corrected chi connectivity index (χ2v) is 4.83. The quantitative estimate of drug-likeness (QED) is 0.802. The summed E-state index contributed by atoms with van der Waals surface area (Å²) in [7, 11) is 0. The Bertz CT molecular complexity index is 674. The van der Waals surface area contributed by atoms with E-state index in [4.69, 9.17) is 5.73 Å². The molecule has 1 aliphatic heterocycles. The van der Waals surface area contributed by atoms with E-state index in [1.54, 1.807) is 0 Å². The fourth-order valence-corrected chi connectivity index (χ4v) is 2.88. The van der Waals surface area contributed by atoms with E-state index < -0.39 is 11.9 Å². The van der Waals surface area contributed by atoms with Gasteiger partial charge in [-0.3, -0.25) is 9.59 Å². The molecule has 0 saturated carbocycles. The van der Waals surface area contributed by atoms with Crippen LogP contribution in [0.25, 0.3) is 10.9 Å². The molecule has 0 fully saturated rings. The lowest BCUT2D eigenvalue weighted by atomic mass is 9.97. The molecule has 5 heteroatoms. The molecule has 19 heavy (non-hydrogen) atoms. The van der Waals surface area contributed by atoms with E-state index in [0.29, 0.717) is 6.54 Å². The molecule has 0 saturated heterocycles. The lowest BCUT2D eigenvalue weighted by molar-refractivity contribution is -0.138. The maximum atomic E-state index is 11.7. The fraction of sp³-hybridized carbons (Fsp3) is 0.286. The zero-order chi connectivity index (χ0) is 13.6. The Labute approximate surface area is 110 Å². The number of rotatable bonds is 1. The molecule has 0 radical (unpaired) electrons. The lowest BCUT2D eigenvalue weighted by Gasteiger charge is -2.33. The largest absolute Gasteiger partial charge is 0.368 e. The van der Waals surface area contributed by atoms with Crippen LogP contribution in [0.1, 0.15) is 24.2 Å². The van der Waals surface area contributed by atoms with Crippen LogP contribution in [0.5, 0.6) is 0 Å². The molecule has 2 heterocycles. The number of benzene rings is 1. The van der Waals surface area contributed by atoms with Crippen LogP contribution in [0.4, 0.5) is 0 Å².